The first kappa shape index (κ1) is 16.3. The Morgan fingerprint density at radius 2 is 1.61 bits per heavy atom. The molecule has 5 nitrogen and oxygen atoms in total. The highest BCUT2D eigenvalue weighted by Gasteiger charge is 2.28. The number of anilines is 3. The molecule has 0 radical (unpaired) electrons. The molecule has 0 spiro atoms. The average Bonchev–Trinajstić information content (AvgIpc) is 3.24. The van der Waals surface area contributed by atoms with E-state index in [1.165, 1.54) is 0 Å². The Morgan fingerprint density at radius 3 is 2.46 bits per heavy atom. The highest BCUT2D eigenvalue weighted by Crippen LogP contribution is 2.37. The molecule has 5 rings (SSSR count). The van der Waals surface area contributed by atoms with Gasteiger partial charge in [0.2, 0.25) is 5.91 Å². The van der Waals surface area contributed by atoms with Crippen LogP contribution in [0.5, 0.6) is 0 Å². The minimum atomic E-state index is -0.134. The van der Waals surface area contributed by atoms with E-state index in [1.807, 2.05) is 72.8 Å². The predicted octanol–water partition coefficient (Wildman–Crippen LogP) is 4.11. The molecule has 0 atom stereocenters. The highest BCUT2D eigenvalue weighted by atomic mass is 16.2. The van der Waals surface area contributed by atoms with E-state index in [0.29, 0.717) is 12.0 Å². The van der Waals surface area contributed by atoms with Crippen molar-refractivity contribution in [3.8, 4) is 0 Å². The largest absolute Gasteiger partial charge is 0.354 e. The molecule has 0 aromatic heterocycles. The molecule has 5 heteroatoms. The third-order valence-electron chi connectivity index (χ3n) is 4.98. The Morgan fingerprint density at radius 1 is 0.821 bits per heavy atom. The van der Waals surface area contributed by atoms with Gasteiger partial charge in [0.25, 0.3) is 5.91 Å². The van der Waals surface area contributed by atoms with Crippen LogP contribution in [0.1, 0.15) is 16.7 Å². The van der Waals surface area contributed by atoms with Crippen molar-refractivity contribution in [3.63, 3.8) is 0 Å². The summed E-state index contributed by atoms with van der Waals surface area (Å²) >= 11 is 0. The van der Waals surface area contributed by atoms with Crippen molar-refractivity contribution in [3.05, 3.63) is 89.5 Å². The number of para-hydroxylation sites is 1. The van der Waals surface area contributed by atoms with E-state index < -0.39 is 0 Å². The summed E-state index contributed by atoms with van der Waals surface area (Å²) in [5.41, 5.74) is 6.56. The average molecular weight is 367 g/mol. The van der Waals surface area contributed by atoms with Gasteiger partial charge in [-0.25, -0.2) is 0 Å². The fourth-order valence-corrected chi connectivity index (χ4v) is 3.70. The van der Waals surface area contributed by atoms with Crippen LogP contribution < -0.4 is 16.0 Å². The lowest BCUT2D eigenvalue weighted by Crippen LogP contribution is -2.10. The van der Waals surface area contributed by atoms with Crippen molar-refractivity contribution < 1.29 is 9.59 Å². The van der Waals surface area contributed by atoms with Crippen LogP contribution in [-0.4, -0.2) is 11.8 Å². The zero-order valence-corrected chi connectivity index (χ0v) is 15.0. The fourth-order valence-electron chi connectivity index (χ4n) is 3.70. The van der Waals surface area contributed by atoms with Crippen molar-refractivity contribution in [2.45, 2.75) is 6.42 Å². The van der Waals surface area contributed by atoms with Crippen LogP contribution in [0.2, 0.25) is 0 Å². The Labute approximate surface area is 162 Å². The summed E-state index contributed by atoms with van der Waals surface area (Å²) < 4.78 is 0. The fraction of sp³-hybridized carbons (Fsp3) is 0.0435. The highest BCUT2D eigenvalue weighted by molar-refractivity contribution is 6.37. The van der Waals surface area contributed by atoms with Gasteiger partial charge in [-0.2, -0.15) is 0 Å². The number of amides is 2. The van der Waals surface area contributed by atoms with E-state index in [0.717, 1.165) is 39.4 Å². The second-order valence-electron chi connectivity index (χ2n) is 6.84. The van der Waals surface area contributed by atoms with Gasteiger partial charge in [-0.05, 0) is 35.4 Å². The molecule has 2 aliphatic heterocycles. The van der Waals surface area contributed by atoms with E-state index in [4.69, 9.17) is 0 Å². The standard InChI is InChI=1S/C23H17N3O2/c27-20-13-15-12-16(10-11-18(15)25-20)24-22(14-6-2-1-3-7-14)21-17-8-4-5-9-19(17)26-23(21)28/h1-12,24H,13H2,(H,25,27)(H,26,28)/b22-21-. The van der Waals surface area contributed by atoms with Crippen LogP contribution in [-0.2, 0) is 16.0 Å². The maximum absolute atomic E-state index is 12.8. The summed E-state index contributed by atoms with van der Waals surface area (Å²) in [5, 5.41) is 9.21. The van der Waals surface area contributed by atoms with Gasteiger partial charge in [-0.1, -0.05) is 48.5 Å². The van der Waals surface area contributed by atoms with Gasteiger partial charge < -0.3 is 16.0 Å². The third-order valence-corrected chi connectivity index (χ3v) is 4.98. The molecule has 0 unspecified atom stereocenters. The van der Waals surface area contributed by atoms with Crippen molar-refractivity contribution in [1.29, 1.82) is 0 Å². The maximum atomic E-state index is 12.8. The number of rotatable bonds is 3. The lowest BCUT2D eigenvalue weighted by atomic mass is 10.00. The smallest absolute Gasteiger partial charge is 0.258 e. The molecule has 2 heterocycles. The monoisotopic (exact) mass is 367 g/mol. The summed E-state index contributed by atoms with van der Waals surface area (Å²) in [7, 11) is 0. The number of carbonyl (C=O) groups is 2. The number of hydrogen-bond acceptors (Lipinski definition) is 3. The maximum Gasteiger partial charge on any atom is 0.258 e. The van der Waals surface area contributed by atoms with E-state index in [-0.39, 0.29) is 11.8 Å². The summed E-state index contributed by atoms with van der Waals surface area (Å²) in [6.07, 6.45) is 0.366. The molecule has 0 saturated carbocycles. The van der Waals surface area contributed by atoms with Crippen molar-refractivity contribution >= 4 is 40.1 Å². The number of hydrogen-bond donors (Lipinski definition) is 3. The van der Waals surface area contributed by atoms with Gasteiger partial charge in [0.15, 0.2) is 0 Å². The molecule has 3 aromatic carbocycles. The van der Waals surface area contributed by atoms with Crippen LogP contribution in [0, 0.1) is 0 Å². The molecule has 0 aliphatic carbocycles. The summed E-state index contributed by atoms with van der Waals surface area (Å²) in [6.45, 7) is 0. The van der Waals surface area contributed by atoms with Crippen molar-refractivity contribution in [1.82, 2.24) is 0 Å². The number of benzene rings is 3. The second-order valence-corrected chi connectivity index (χ2v) is 6.84. The van der Waals surface area contributed by atoms with Gasteiger partial charge in [0, 0.05) is 22.6 Å². The van der Waals surface area contributed by atoms with E-state index >= 15 is 0 Å². The minimum Gasteiger partial charge on any atom is -0.354 e. The number of carbonyl (C=O) groups excluding carboxylic acids is 2. The van der Waals surface area contributed by atoms with E-state index in [2.05, 4.69) is 16.0 Å². The van der Waals surface area contributed by atoms with Crippen LogP contribution in [0.3, 0.4) is 0 Å². The summed E-state index contributed by atoms with van der Waals surface area (Å²) in [4.78, 5) is 24.5. The minimum absolute atomic E-state index is 0.00196. The first-order valence-corrected chi connectivity index (χ1v) is 9.09. The number of fused-ring (bicyclic) bond motifs is 2. The Balaban J connectivity index is 1.64. The molecule has 2 amide bonds. The number of nitrogens with one attached hydrogen (secondary N) is 3. The lowest BCUT2D eigenvalue weighted by molar-refractivity contribution is -0.115. The molecule has 28 heavy (non-hydrogen) atoms. The van der Waals surface area contributed by atoms with Gasteiger partial charge in [0.1, 0.15) is 0 Å². The third kappa shape index (κ3) is 2.74. The van der Waals surface area contributed by atoms with Crippen molar-refractivity contribution in [2.75, 3.05) is 16.0 Å². The molecule has 0 saturated heterocycles. The van der Waals surface area contributed by atoms with Crippen LogP contribution >= 0.6 is 0 Å². The van der Waals surface area contributed by atoms with Crippen LogP contribution in [0.25, 0.3) is 11.3 Å². The Bertz CT molecular complexity index is 1150. The predicted molar refractivity (Wildman–Crippen MR) is 111 cm³/mol. The summed E-state index contributed by atoms with van der Waals surface area (Å²) in [5.74, 6) is -0.136. The zero-order chi connectivity index (χ0) is 19.1. The van der Waals surface area contributed by atoms with Gasteiger partial charge in [-0.3, -0.25) is 9.59 Å². The molecule has 0 fully saturated rings. The van der Waals surface area contributed by atoms with Gasteiger partial charge in [0.05, 0.1) is 17.7 Å². The van der Waals surface area contributed by atoms with Gasteiger partial charge >= 0.3 is 0 Å². The molecule has 2 aliphatic rings. The molecular weight excluding hydrogens is 350 g/mol. The lowest BCUT2D eigenvalue weighted by Gasteiger charge is -2.15. The topological polar surface area (TPSA) is 70.2 Å². The Hall–Kier alpha value is -3.86. The SMILES string of the molecule is O=C1Cc2cc(N/C(=C3\C(=O)Nc4ccccc43)c3ccccc3)ccc2N1. The van der Waals surface area contributed by atoms with Gasteiger partial charge in [-0.15, -0.1) is 0 Å². The molecule has 136 valence electrons. The molecular formula is C23H17N3O2. The molecule has 0 bridgehead atoms. The summed E-state index contributed by atoms with van der Waals surface area (Å²) in [6, 6.07) is 23.2. The van der Waals surface area contributed by atoms with E-state index in [9.17, 15) is 9.59 Å². The quantitative estimate of drug-likeness (QED) is 0.610. The van der Waals surface area contributed by atoms with Crippen molar-refractivity contribution in [2.24, 2.45) is 0 Å². The second kappa shape index (κ2) is 6.39. The van der Waals surface area contributed by atoms with Crippen LogP contribution in [0.4, 0.5) is 17.1 Å². The van der Waals surface area contributed by atoms with Crippen LogP contribution in [0.15, 0.2) is 72.8 Å². The molecule has 3 aromatic rings. The normalized spacial score (nSPS) is 16.1. The van der Waals surface area contributed by atoms with E-state index in [1.54, 1.807) is 0 Å². The molecule has 3 N–H and O–H groups in total. The first-order chi connectivity index (χ1) is 13.7. The first-order valence-electron chi connectivity index (χ1n) is 9.09. The zero-order valence-electron chi connectivity index (χ0n) is 15.0. The Kier molecular flexibility index (Phi) is 3.72.